The van der Waals surface area contributed by atoms with Crippen molar-refractivity contribution in [1.82, 2.24) is 0 Å². The van der Waals surface area contributed by atoms with Gasteiger partial charge >= 0.3 is 0 Å². The zero-order chi connectivity index (χ0) is 12.0. The number of ether oxygens (including phenoxy) is 1. The van der Waals surface area contributed by atoms with Gasteiger partial charge in [0.05, 0.1) is 0 Å². The third kappa shape index (κ3) is 1.55. The maximum absolute atomic E-state index is 11.3. The molecular weight excluding hydrogens is 216 g/mol. The van der Waals surface area contributed by atoms with Crippen LogP contribution in [0.1, 0.15) is 12.5 Å². The first-order valence-corrected chi connectivity index (χ1v) is 5.57. The zero-order valence-electron chi connectivity index (χ0n) is 9.43. The van der Waals surface area contributed by atoms with Gasteiger partial charge in [0.15, 0.2) is 11.9 Å². The summed E-state index contributed by atoms with van der Waals surface area (Å²) in [6.45, 7) is 1.54. The molecule has 3 heteroatoms. The molecule has 1 atom stereocenters. The monoisotopic (exact) mass is 228 g/mol. The van der Waals surface area contributed by atoms with Gasteiger partial charge in [-0.1, -0.05) is 12.1 Å². The summed E-state index contributed by atoms with van der Waals surface area (Å²) in [6, 6.07) is 9.16. The molecule has 0 amide bonds. The summed E-state index contributed by atoms with van der Waals surface area (Å²) in [4.78, 5) is 11.3. The third-order valence-electron chi connectivity index (χ3n) is 3.17. The Morgan fingerprint density at radius 3 is 3.00 bits per heavy atom. The van der Waals surface area contributed by atoms with Gasteiger partial charge in [-0.25, -0.2) is 0 Å². The van der Waals surface area contributed by atoms with E-state index < -0.39 is 0 Å². The fourth-order valence-corrected chi connectivity index (χ4v) is 2.22. The summed E-state index contributed by atoms with van der Waals surface area (Å²) < 4.78 is 5.59. The van der Waals surface area contributed by atoms with E-state index in [0.717, 1.165) is 22.1 Å². The third-order valence-corrected chi connectivity index (χ3v) is 3.17. The maximum atomic E-state index is 11.3. The molecule has 1 heterocycles. The van der Waals surface area contributed by atoms with E-state index in [2.05, 4.69) is 0 Å². The first kappa shape index (κ1) is 10.1. The van der Waals surface area contributed by atoms with Crippen LogP contribution in [0.25, 0.3) is 10.8 Å². The van der Waals surface area contributed by atoms with Crippen LogP contribution >= 0.6 is 0 Å². The van der Waals surface area contributed by atoms with Gasteiger partial charge in [-0.3, -0.25) is 4.79 Å². The van der Waals surface area contributed by atoms with Crippen molar-refractivity contribution in [2.45, 2.75) is 19.4 Å². The van der Waals surface area contributed by atoms with Crippen LogP contribution in [0.15, 0.2) is 30.3 Å². The predicted molar refractivity (Wildman–Crippen MR) is 64.4 cm³/mol. The zero-order valence-corrected chi connectivity index (χ0v) is 9.43. The summed E-state index contributed by atoms with van der Waals surface area (Å²) in [5.41, 5.74) is 0.985. The summed E-state index contributed by atoms with van der Waals surface area (Å²) in [6.07, 6.45) is 0.221. The smallest absolute Gasteiger partial charge is 0.170 e. The molecule has 2 aromatic rings. The van der Waals surface area contributed by atoms with E-state index in [0.29, 0.717) is 6.42 Å². The number of benzene rings is 2. The molecule has 0 saturated heterocycles. The molecule has 1 aliphatic heterocycles. The first-order valence-electron chi connectivity index (χ1n) is 5.57. The quantitative estimate of drug-likeness (QED) is 0.815. The van der Waals surface area contributed by atoms with Gasteiger partial charge in [-0.2, -0.15) is 0 Å². The SMILES string of the molecule is CC(=O)C1Cc2cc3c(O)cccc3cc2O1. The van der Waals surface area contributed by atoms with E-state index in [1.165, 1.54) is 6.92 Å². The highest BCUT2D eigenvalue weighted by Gasteiger charge is 2.26. The van der Waals surface area contributed by atoms with E-state index in [-0.39, 0.29) is 17.6 Å². The molecule has 0 fully saturated rings. The van der Waals surface area contributed by atoms with Crippen LogP contribution in [-0.4, -0.2) is 17.0 Å². The van der Waals surface area contributed by atoms with Gasteiger partial charge in [0.2, 0.25) is 0 Å². The van der Waals surface area contributed by atoms with Crippen molar-refractivity contribution >= 4 is 16.6 Å². The minimum atomic E-state index is -0.371. The molecule has 3 nitrogen and oxygen atoms in total. The molecule has 0 bridgehead atoms. The Kier molecular flexibility index (Phi) is 2.08. The molecule has 1 N–H and O–H groups in total. The highest BCUT2D eigenvalue weighted by molar-refractivity contribution is 5.91. The molecule has 0 aromatic heterocycles. The number of hydrogen-bond donors (Lipinski definition) is 1. The van der Waals surface area contributed by atoms with E-state index >= 15 is 0 Å². The Balaban J connectivity index is 2.15. The number of carbonyl (C=O) groups excluding carboxylic acids is 1. The number of Topliss-reactive ketones (excluding diaryl/α,β-unsaturated/α-hetero) is 1. The summed E-state index contributed by atoms with van der Waals surface area (Å²) in [5.74, 6) is 1.05. The average Bonchev–Trinajstić information content (AvgIpc) is 2.70. The summed E-state index contributed by atoms with van der Waals surface area (Å²) in [5, 5.41) is 11.5. The second-order valence-corrected chi connectivity index (χ2v) is 4.38. The van der Waals surface area contributed by atoms with Crippen LogP contribution < -0.4 is 4.74 Å². The Bertz CT molecular complexity index is 616. The molecule has 1 aliphatic rings. The second-order valence-electron chi connectivity index (χ2n) is 4.38. The molecule has 2 aromatic carbocycles. The molecule has 0 spiro atoms. The maximum Gasteiger partial charge on any atom is 0.170 e. The van der Waals surface area contributed by atoms with Gasteiger partial charge in [-0.15, -0.1) is 0 Å². The number of hydrogen-bond acceptors (Lipinski definition) is 3. The van der Waals surface area contributed by atoms with Crippen molar-refractivity contribution in [3.8, 4) is 11.5 Å². The van der Waals surface area contributed by atoms with Crippen LogP contribution in [0.4, 0.5) is 0 Å². The van der Waals surface area contributed by atoms with E-state index in [9.17, 15) is 9.90 Å². The summed E-state index contributed by atoms with van der Waals surface area (Å²) >= 11 is 0. The average molecular weight is 228 g/mol. The van der Waals surface area contributed by atoms with E-state index in [4.69, 9.17) is 4.74 Å². The highest BCUT2D eigenvalue weighted by atomic mass is 16.5. The highest BCUT2D eigenvalue weighted by Crippen LogP contribution is 2.36. The largest absolute Gasteiger partial charge is 0.507 e. The fraction of sp³-hybridized carbons (Fsp3) is 0.214. The molecule has 0 aliphatic carbocycles. The topological polar surface area (TPSA) is 46.5 Å². The Hall–Kier alpha value is -2.03. The second kappa shape index (κ2) is 3.48. The number of rotatable bonds is 1. The van der Waals surface area contributed by atoms with Crippen LogP contribution in [0.3, 0.4) is 0 Å². The van der Waals surface area contributed by atoms with Gasteiger partial charge in [-0.05, 0) is 36.1 Å². The standard InChI is InChI=1S/C14H12O3/c1-8(15)13-7-10-5-11-9(6-14(10)17-13)3-2-4-12(11)16/h2-6,13,16H,7H2,1H3. The first-order chi connectivity index (χ1) is 8.15. The Morgan fingerprint density at radius 1 is 1.41 bits per heavy atom. The lowest BCUT2D eigenvalue weighted by atomic mass is 10.0. The van der Waals surface area contributed by atoms with E-state index in [1.54, 1.807) is 12.1 Å². The van der Waals surface area contributed by atoms with Crippen molar-refractivity contribution < 1.29 is 14.6 Å². The van der Waals surface area contributed by atoms with Gasteiger partial charge < -0.3 is 9.84 Å². The lowest BCUT2D eigenvalue weighted by molar-refractivity contribution is -0.122. The minimum absolute atomic E-state index is 0.0366. The molecule has 3 rings (SSSR count). The normalized spacial score (nSPS) is 17.8. The molecule has 17 heavy (non-hydrogen) atoms. The van der Waals surface area contributed by atoms with Crippen molar-refractivity contribution in [2.24, 2.45) is 0 Å². The van der Waals surface area contributed by atoms with Crippen LogP contribution in [-0.2, 0) is 11.2 Å². The van der Waals surface area contributed by atoms with Crippen LogP contribution in [0, 0.1) is 0 Å². The molecular formula is C14H12O3. The van der Waals surface area contributed by atoms with Crippen molar-refractivity contribution in [1.29, 1.82) is 0 Å². The van der Waals surface area contributed by atoms with Crippen molar-refractivity contribution in [2.75, 3.05) is 0 Å². The lowest BCUT2D eigenvalue weighted by Gasteiger charge is -2.06. The van der Waals surface area contributed by atoms with Crippen molar-refractivity contribution in [3.63, 3.8) is 0 Å². The number of phenolic OH excluding ortho intramolecular Hbond substituents is 1. The lowest BCUT2D eigenvalue weighted by Crippen LogP contribution is -2.21. The molecule has 0 radical (unpaired) electrons. The number of fused-ring (bicyclic) bond motifs is 2. The number of ketones is 1. The van der Waals surface area contributed by atoms with E-state index in [1.807, 2.05) is 18.2 Å². The van der Waals surface area contributed by atoms with Crippen LogP contribution in [0.2, 0.25) is 0 Å². The van der Waals surface area contributed by atoms with Gasteiger partial charge in [0, 0.05) is 11.8 Å². The Morgan fingerprint density at radius 2 is 2.24 bits per heavy atom. The Labute approximate surface area is 98.6 Å². The predicted octanol–water partition coefficient (Wildman–Crippen LogP) is 2.44. The van der Waals surface area contributed by atoms with Gasteiger partial charge in [0.25, 0.3) is 0 Å². The van der Waals surface area contributed by atoms with Crippen molar-refractivity contribution in [3.05, 3.63) is 35.9 Å². The fourth-order valence-electron chi connectivity index (χ4n) is 2.22. The number of carbonyl (C=O) groups is 1. The number of phenols is 1. The van der Waals surface area contributed by atoms with Crippen LogP contribution in [0.5, 0.6) is 11.5 Å². The minimum Gasteiger partial charge on any atom is -0.507 e. The number of aromatic hydroxyl groups is 1. The molecule has 1 unspecified atom stereocenters. The molecule has 86 valence electrons. The van der Waals surface area contributed by atoms with Gasteiger partial charge in [0.1, 0.15) is 11.5 Å². The molecule has 0 saturated carbocycles. The summed E-state index contributed by atoms with van der Waals surface area (Å²) in [7, 11) is 0.